The molecule has 1 radical (unpaired) electrons. The molecule has 105 valence electrons. The van der Waals surface area contributed by atoms with Crippen LogP contribution in [0, 0.1) is 13.8 Å². The molecular formula is C10H8CuN2O4S2. The van der Waals surface area contributed by atoms with Gasteiger partial charge in [-0.25, -0.2) is 0 Å². The molecule has 0 aromatic carbocycles. The summed E-state index contributed by atoms with van der Waals surface area (Å²) in [6, 6.07) is 0. The van der Waals surface area contributed by atoms with Crippen molar-refractivity contribution in [2.75, 3.05) is 0 Å². The van der Waals surface area contributed by atoms with Crippen molar-refractivity contribution in [1.82, 2.24) is 8.75 Å². The van der Waals surface area contributed by atoms with Crippen LogP contribution in [0.2, 0.25) is 0 Å². The predicted molar refractivity (Wildman–Crippen MR) is 62.4 cm³/mol. The molecule has 6 nitrogen and oxygen atoms in total. The molecule has 0 bridgehead atoms. The number of carboxylic acid groups (broad SMARTS) is 2. The van der Waals surface area contributed by atoms with Crippen molar-refractivity contribution in [1.29, 1.82) is 0 Å². The summed E-state index contributed by atoms with van der Waals surface area (Å²) in [5.41, 5.74) is 1.44. The maximum absolute atomic E-state index is 10.1. The Bertz CT molecular complexity index is 517. The third-order valence-corrected chi connectivity index (χ3v) is 3.38. The van der Waals surface area contributed by atoms with Gasteiger partial charge < -0.3 is 19.8 Å². The number of aromatic nitrogens is 2. The number of nitrogens with zero attached hydrogens (tertiary/aromatic N) is 2. The van der Waals surface area contributed by atoms with Crippen LogP contribution in [0.4, 0.5) is 0 Å². The molecule has 0 saturated heterocycles. The quantitative estimate of drug-likeness (QED) is 0.686. The zero-order chi connectivity index (χ0) is 13.7. The molecule has 0 N–H and O–H groups in total. The summed E-state index contributed by atoms with van der Waals surface area (Å²) in [5, 5.41) is 23.2. The van der Waals surface area contributed by atoms with E-state index >= 15 is 0 Å². The van der Waals surface area contributed by atoms with Gasteiger partial charge in [-0.15, -0.1) is 0 Å². The minimum atomic E-state index is -1.15. The summed E-state index contributed by atoms with van der Waals surface area (Å²) in [6.45, 7) is 3.28. The Labute approximate surface area is 127 Å². The number of rotatable bonds is 2. The molecule has 0 aliphatic heterocycles. The summed E-state index contributed by atoms with van der Waals surface area (Å²) in [4.78, 5) is 20.3. The van der Waals surface area contributed by atoms with Gasteiger partial charge in [-0.2, -0.15) is 8.75 Å². The van der Waals surface area contributed by atoms with E-state index in [0.717, 1.165) is 23.1 Å². The second-order valence-electron chi connectivity index (χ2n) is 3.20. The zero-order valence-corrected chi connectivity index (χ0v) is 12.4. The standard InChI is InChI=1S/2C5H5NO2S.Cu/c2*1-3-4(5(7)8)2-9-6-3;/h2*2H,1H3,(H,7,8);/q;;+2/p-2. The maximum atomic E-state index is 10.1. The minimum Gasteiger partial charge on any atom is -0.545 e. The van der Waals surface area contributed by atoms with Crippen LogP contribution in [0.15, 0.2) is 10.8 Å². The normalized spacial score (nSPS) is 8.95. The van der Waals surface area contributed by atoms with Crippen LogP contribution < -0.4 is 10.2 Å². The Morgan fingerprint density at radius 1 is 0.947 bits per heavy atom. The van der Waals surface area contributed by atoms with E-state index in [-0.39, 0.29) is 28.2 Å². The first kappa shape index (κ1) is 17.7. The molecule has 0 spiro atoms. The number of aryl methyl sites for hydroxylation is 2. The first-order valence-corrected chi connectivity index (χ1v) is 6.35. The summed E-state index contributed by atoms with van der Waals surface area (Å²) < 4.78 is 7.52. The maximum Gasteiger partial charge on any atom is 2.00 e. The Morgan fingerprint density at radius 2 is 1.26 bits per heavy atom. The number of hydrogen-bond donors (Lipinski definition) is 0. The molecule has 0 unspecified atom stereocenters. The van der Waals surface area contributed by atoms with Crippen LogP contribution in [0.25, 0.3) is 0 Å². The van der Waals surface area contributed by atoms with Gasteiger partial charge in [0.05, 0.1) is 23.3 Å². The molecule has 0 fully saturated rings. The third-order valence-electron chi connectivity index (χ3n) is 1.94. The van der Waals surface area contributed by atoms with Crippen molar-refractivity contribution >= 4 is 35.0 Å². The van der Waals surface area contributed by atoms with Crippen LogP contribution in [-0.2, 0) is 17.1 Å². The van der Waals surface area contributed by atoms with Crippen LogP contribution >= 0.6 is 23.1 Å². The molecule has 2 aromatic rings. The third kappa shape index (κ3) is 5.07. The van der Waals surface area contributed by atoms with Gasteiger partial charge in [0.25, 0.3) is 0 Å². The Hall–Kier alpha value is -1.28. The smallest absolute Gasteiger partial charge is 0.545 e. The van der Waals surface area contributed by atoms with Crippen molar-refractivity contribution in [3.63, 3.8) is 0 Å². The van der Waals surface area contributed by atoms with Crippen LogP contribution in [0.1, 0.15) is 32.1 Å². The second kappa shape index (κ2) is 8.00. The Morgan fingerprint density at radius 3 is 1.37 bits per heavy atom. The molecule has 0 atom stereocenters. The van der Waals surface area contributed by atoms with Crippen molar-refractivity contribution in [2.24, 2.45) is 0 Å². The molecule has 19 heavy (non-hydrogen) atoms. The number of carbonyl (C=O) groups excluding carboxylic acids is 2. The molecule has 0 saturated carbocycles. The Balaban J connectivity index is 0.000000324. The fourth-order valence-corrected chi connectivity index (χ4v) is 2.34. The fourth-order valence-electron chi connectivity index (χ4n) is 0.977. The van der Waals surface area contributed by atoms with Gasteiger partial charge in [-0.1, -0.05) is 0 Å². The fraction of sp³-hybridized carbons (Fsp3) is 0.200. The number of carbonyl (C=O) groups is 2. The van der Waals surface area contributed by atoms with Gasteiger partial charge in [0.2, 0.25) is 0 Å². The van der Waals surface area contributed by atoms with E-state index in [1.807, 2.05) is 0 Å². The molecule has 0 aliphatic carbocycles. The Kier molecular flexibility index (Phi) is 7.46. The molecule has 0 aliphatic rings. The van der Waals surface area contributed by atoms with E-state index < -0.39 is 11.9 Å². The molecule has 9 heteroatoms. The van der Waals surface area contributed by atoms with Gasteiger partial charge in [-0.05, 0) is 36.9 Å². The van der Waals surface area contributed by atoms with Crippen LogP contribution in [0.5, 0.6) is 0 Å². The summed E-state index contributed by atoms with van der Waals surface area (Å²) in [7, 11) is 0. The van der Waals surface area contributed by atoms with E-state index in [1.54, 1.807) is 13.8 Å². The van der Waals surface area contributed by atoms with Crippen LogP contribution in [-0.4, -0.2) is 20.7 Å². The number of aromatic carboxylic acids is 2. The summed E-state index contributed by atoms with van der Waals surface area (Å²) >= 11 is 2.25. The van der Waals surface area contributed by atoms with Crippen molar-refractivity contribution < 1.29 is 36.9 Å². The largest absolute Gasteiger partial charge is 2.00 e. The molecular weight excluding hydrogens is 340 g/mol. The topological polar surface area (TPSA) is 106 Å². The van der Waals surface area contributed by atoms with E-state index in [4.69, 9.17) is 0 Å². The van der Waals surface area contributed by atoms with E-state index in [2.05, 4.69) is 8.75 Å². The van der Waals surface area contributed by atoms with Gasteiger partial charge in [-0.3, -0.25) is 0 Å². The van der Waals surface area contributed by atoms with Crippen LogP contribution in [0.3, 0.4) is 0 Å². The van der Waals surface area contributed by atoms with E-state index in [0.29, 0.717) is 11.4 Å². The van der Waals surface area contributed by atoms with Gasteiger partial charge >= 0.3 is 17.1 Å². The second-order valence-corrected chi connectivity index (χ2v) is 4.46. The van der Waals surface area contributed by atoms with E-state index in [1.165, 1.54) is 10.8 Å². The molecule has 2 aromatic heterocycles. The average Bonchev–Trinajstić information content (AvgIpc) is 2.87. The van der Waals surface area contributed by atoms with E-state index in [9.17, 15) is 19.8 Å². The molecule has 2 rings (SSSR count). The van der Waals surface area contributed by atoms with Crippen molar-refractivity contribution in [3.8, 4) is 0 Å². The number of hydrogen-bond acceptors (Lipinski definition) is 8. The SMILES string of the molecule is Cc1nscc1C(=O)[O-].Cc1nscc1C(=O)[O-].[Cu+2]. The number of carboxylic acids is 2. The molecule has 0 amide bonds. The van der Waals surface area contributed by atoms with Crippen molar-refractivity contribution in [3.05, 3.63) is 33.3 Å². The predicted octanol–water partition coefficient (Wildman–Crippen LogP) is -0.372. The average molecular weight is 348 g/mol. The first-order valence-electron chi connectivity index (χ1n) is 4.68. The van der Waals surface area contributed by atoms with Gasteiger partial charge in [0.1, 0.15) is 0 Å². The van der Waals surface area contributed by atoms with Gasteiger partial charge in [0.15, 0.2) is 0 Å². The minimum absolute atomic E-state index is 0. The van der Waals surface area contributed by atoms with Gasteiger partial charge in [0, 0.05) is 21.9 Å². The first-order chi connectivity index (χ1) is 8.43. The zero-order valence-electron chi connectivity index (χ0n) is 9.80. The molecule has 2 heterocycles. The summed E-state index contributed by atoms with van der Waals surface area (Å²) in [5.74, 6) is -2.30. The summed E-state index contributed by atoms with van der Waals surface area (Å²) in [6.07, 6.45) is 0. The van der Waals surface area contributed by atoms with Crippen molar-refractivity contribution in [2.45, 2.75) is 13.8 Å². The monoisotopic (exact) mass is 347 g/mol.